The lowest BCUT2D eigenvalue weighted by molar-refractivity contribution is 0.235. The van der Waals surface area contributed by atoms with Crippen LogP contribution in [0.5, 0.6) is 0 Å². The Morgan fingerprint density at radius 3 is 2.56 bits per heavy atom. The molecule has 16 heavy (non-hydrogen) atoms. The second kappa shape index (κ2) is 6.05. The van der Waals surface area contributed by atoms with Crippen LogP contribution in [0.4, 0.5) is 0 Å². The van der Waals surface area contributed by atoms with Crippen LogP contribution in [0.15, 0.2) is 0 Å². The molecule has 2 aliphatic carbocycles. The fourth-order valence-corrected chi connectivity index (χ4v) is 4.01. The number of fused-ring (bicyclic) bond motifs is 2. The van der Waals surface area contributed by atoms with Crippen molar-refractivity contribution in [1.29, 1.82) is 0 Å². The Morgan fingerprint density at radius 2 is 2.00 bits per heavy atom. The number of hydrogen-bond donors (Lipinski definition) is 1. The number of rotatable bonds is 7. The van der Waals surface area contributed by atoms with Gasteiger partial charge in [-0.15, -0.1) is 0 Å². The number of unbranched alkanes of at least 4 members (excludes halogenated alkanes) is 1. The highest BCUT2D eigenvalue weighted by Gasteiger charge is 2.42. The summed E-state index contributed by atoms with van der Waals surface area (Å²) in [6, 6.07) is 0.843. The van der Waals surface area contributed by atoms with Crippen LogP contribution in [0.2, 0.25) is 0 Å². The minimum absolute atomic E-state index is 0.843. The molecule has 2 bridgehead atoms. The third-order valence-electron chi connectivity index (χ3n) is 4.83. The lowest BCUT2D eigenvalue weighted by Crippen LogP contribution is -2.39. The van der Waals surface area contributed by atoms with E-state index in [1.165, 1.54) is 51.5 Å². The molecule has 0 spiro atoms. The SMILES string of the molecule is CCCCC(NCCC)C1CC2CCC1C2. The van der Waals surface area contributed by atoms with Crippen LogP contribution < -0.4 is 5.32 Å². The summed E-state index contributed by atoms with van der Waals surface area (Å²) in [4.78, 5) is 0. The predicted octanol–water partition coefficient (Wildman–Crippen LogP) is 3.98. The zero-order valence-corrected chi connectivity index (χ0v) is 11.2. The molecule has 0 aromatic rings. The molecule has 94 valence electrons. The fourth-order valence-electron chi connectivity index (χ4n) is 4.01. The largest absolute Gasteiger partial charge is 0.314 e. The molecule has 1 N–H and O–H groups in total. The smallest absolute Gasteiger partial charge is 0.00980 e. The van der Waals surface area contributed by atoms with Crippen LogP contribution in [0.3, 0.4) is 0 Å². The molecule has 0 saturated heterocycles. The van der Waals surface area contributed by atoms with Crippen molar-refractivity contribution in [3.8, 4) is 0 Å². The first-order chi connectivity index (χ1) is 7.85. The topological polar surface area (TPSA) is 12.0 Å². The van der Waals surface area contributed by atoms with Crippen LogP contribution in [0.25, 0.3) is 0 Å². The van der Waals surface area contributed by atoms with E-state index in [1.807, 2.05) is 0 Å². The van der Waals surface area contributed by atoms with E-state index in [2.05, 4.69) is 19.2 Å². The highest BCUT2D eigenvalue weighted by Crippen LogP contribution is 2.50. The van der Waals surface area contributed by atoms with Crippen molar-refractivity contribution in [2.45, 2.75) is 71.3 Å². The van der Waals surface area contributed by atoms with Gasteiger partial charge in [-0.2, -0.15) is 0 Å². The lowest BCUT2D eigenvalue weighted by Gasteiger charge is -2.31. The molecular weight excluding hydrogens is 194 g/mol. The molecule has 2 aliphatic rings. The van der Waals surface area contributed by atoms with E-state index < -0.39 is 0 Å². The molecular formula is C15H29N. The number of hydrogen-bond acceptors (Lipinski definition) is 1. The molecule has 0 heterocycles. The maximum Gasteiger partial charge on any atom is 0.00980 e. The quantitative estimate of drug-likeness (QED) is 0.688. The summed E-state index contributed by atoms with van der Waals surface area (Å²) >= 11 is 0. The standard InChI is InChI=1S/C15H29N/c1-3-5-6-15(16-9-4-2)14-11-12-7-8-13(14)10-12/h12-16H,3-11H2,1-2H3. The summed E-state index contributed by atoms with van der Waals surface area (Å²) in [5, 5.41) is 3.83. The molecule has 0 radical (unpaired) electrons. The third-order valence-corrected chi connectivity index (χ3v) is 4.83. The van der Waals surface area contributed by atoms with Crippen molar-refractivity contribution in [2.24, 2.45) is 17.8 Å². The first kappa shape index (κ1) is 12.4. The molecule has 0 aromatic carbocycles. The highest BCUT2D eigenvalue weighted by atomic mass is 14.9. The third kappa shape index (κ3) is 2.80. The maximum absolute atomic E-state index is 3.83. The van der Waals surface area contributed by atoms with E-state index in [9.17, 15) is 0 Å². The Labute approximate surface area is 101 Å². The van der Waals surface area contributed by atoms with Gasteiger partial charge in [-0.05, 0) is 56.4 Å². The summed E-state index contributed by atoms with van der Waals surface area (Å²) in [7, 11) is 0. The Kier molecular flexibility index (Phi) is 4.69. The van der Waals surface area contributed by atoms with E-state index in [0.29, 0.717) is 0 Å². The van der Waals surface area contributed by atoms with Gasteiger partial charge in [0.15, 0.2) is 0 Å². The van der Waals surface area contributed by atoms with Gasteiger partial charge in [0, 0.05) is 6.04 Å². The molecule has 1 nitrogen and oxygen atoms in total. The van der Waals surface area contributed by atoms with Crippen LogP contribution in [0, 0.1) is 17.8 Å². The van der Waals surface area contributed by atoms with Gasteiger partial charge >= 0.3 is 0 Å². The minimum Gasteiger partial charge on any atom is -0.314 e. The van der Waals surface area contributed by atoms with Crippen LogP contribution in [-0.2, 0) is 0 Å². The monoisotopic (exact) mass is 223 g/mol. The molecule has 2 saturated carbocycles. The van der Waals surface area contributed by atoms with E-state index in [1.54, 1.807) is 6.42 Å². The molecule has 4 atom stereocenters. The van der Waals surface area contributed by atoms with E-state index in [0.717, 1.165) is 23.8 Å². The van der Waals surface area contributed by atoms with E-state index in [4.69, 9.17) is 0 Å². The van der Waals surface area contributed by atoms with Gasteiger partial charge in [0.2, 0.25) is 0 Å². The first-order valence-corrected chi connectivity index (χ1v) is 7.58. The maximum atomic E-state index is 3.83. The van der Waals surface area contributed by atoms with Crippen molar-refractivity contribution in [3.63, 3.8) is 0 Å². The Morgan fingerprint density at radius 1 is 1.12 bits per heavy atom. The predicted molar refractivity (Wildman–Crippen MR) is 70.5 cm³/mol. The van der Waals surface area contributed by atoms with Gasteiger partial charge in [0.1, 0.15) is 0 Å². The number of nitrogens with one attached hydrogen (secondary N) is 1. The fraction of sp³-hybridized carbons (Fsp3) is 1.00. The normalized spacial score (nSPS) is 34.5. The van der Waals surface area contributed by atoms with Crippen molar-refractivity contribution < 1.29 is 0 Å². The van der Waals surface area contributed by atoms with E-state index >= 15 is 0 Å². The van der Waals surface area contributed by atoms with Crippen molar-refractivity contribution >= 4 is 0 Å². The average molecular weight is 223 g/mol. The second-order valence-corrected chi connectivity index (χ2v) is 6.04. The second-order valence-electron chi connectivity index (χ2n) is 6.04. The van der Waals surface area contributed by atoms with E-state index in [-0.39, 0.29) is 0 Å². The van der Waals surface area contributed by atoms with Gasteiger partial charge in [0.05, 0.1) is 0 Å². The minimum atomic E-state index is 0.843. The zero-order valence-electron chi connectivity index (χ0n) is 11.2. The summed E-state index contributed by atoms with van der Waals surface area (Å²) in [6.45, 7) is 5.82. The summed E-state index contributed by atoms with van der Waals surface area (Å²) in [6.07, 6.45) is 11.6. The van der Waals surface area contributed by atoms with Gasteiger partial charge in [-0.1, -0.05) is 33.1 Å². The van der Waals surface area contributed by atoms with Crippen molar-refractivity contribution in [3.05, 3.63) is 0 Å². The van der Waals surface area contributed by atoms with Gasteiger partial charge in [0.25, 0.3) is 0 Å². The summed E-state index contributed by atoms with van der Waals surface area (Å²) in [5.41, 5.74) is 0. The summed E-state index contributed by atoms with van der Waals surface area (Å²) < 4.78 is 0. The Hall–Kier alpha value is -0.0400. The van der Waals surface area contributed by atoms with Gasteiger partial charge in [-0.3, -0.25) is 0 Å². The van der Waals surface area contributed by atoms with Gasteiger partial charge in [-0.25, -0.2) is 0 Å². The Bertz CT molecular complexity index is 194. The molecule has 2 fully saturated rings. The molecule has 4 unspecified atom stereocenters. The zero-order chi connectivity index (χ0) is 11.4. The van der Waals surface area contributed by atoms with Crippen molar-refractivity contribution in [1.82, 2.24) is 5.32 Å². The Balaban J connectivity index is 1.84. The molecule has 0 aromatic heterocycles. The van der Waals surface area contributed by atoms with Crippen LogP contribution in [-0.4, -0.2) is 12.6 Å². The lowest BCUT2D eigenvalue weighted by atomic mass is 9.81. The molecule has 1 heteroatoms. The molecule has 0 aliphatic heterocycles. The first-order valence-electron chi connectivity index (χ1n) is 7.58. The molecule has 2 rings (SSSR count). The molecule has 0 amide bonds. The van der Waals surface area contributed by atoms with Gasteiger partial charge < -0.3 is 5.32 Å². The highest BCUT2D eigenvalue weighted by molar-refractivity contribution is 4.95. The van der Waals surface area contributed by atoms with Crippen LogP contribution >= 0.6 is 0 Å². The average Bonchev–Trinajstić information content (AvgIpc) is 2.91. The van der Waals surface area contributed by atoms with Crippen LogP contribution in [0.1, 0.15) is 65.2 Å². The van der Waals surface area contributed by atoms with Crippen molar-refractivity contribution in [2.75, 3.05) is 6.54 Å². The summed E-state index contributed by atoms with van der Waals surface area (Å²) in [5.74, 6) is 3.20.